The molecule has 0 spiro atoms. The smallest absolute Gasteiger partial charge is 0.196 e. The van der Waals surface area contributed by atoms with Crippen molar-refractivity contribution in [2.24, 2.45) is 0 Å². The maximum Gasteiger partial charge on any atom is 0.196 e. The van der Waals surface area contributed by atoms with Crippen molar-refractivity contribution in [3.63, 3.8) is 0 Å². The maximum absolute atomic E-state index is 10.6. The van der Waals surface area contributed by atoms with Crippen LogP contribution in [-0.4, -0.2) is 69.4 Å². The third-order valence-corrected chi connectivity index (χ3v) is 3.28. The molecule has 0 unspecified atom stereocenters. The number of hydrogen-bond donors (Lipinski definition) is 0. The number of carbonyl (C=O) groups is 1. The molecule has 0 radical (unpaired) electrons. The van der Waals surface area contributed by atoms with Crippen LogP contribution in [0.2, 0.25) is 0 Å². The third-order valence-electron chi connectivity index (χ3n) is 3.28. The number of aldehydes is 1. The van der Waals surface area contributed by atoms with E-state index in [1.807, 2.05) is 6.07 Å². The van der Waals surface area contributed by atoms with Gasteiger partial charge in [0.2, 0.25) is 0 Å². The van der Waals surface area contributed by atoms with E-state index in [2.05, 4.69) is 28.8 Å². The molecule has 0 atom stereocenters. The molecule has 0 aromatic carbocycles. The van der Waals surface area contributed by atoms with E-state index in [9.17, 15) is 4.79 Å². The number of likely N-dealkylation sites (N-methyl/N-ethyl adjacent to an activating group) is 1. The Balaban J connectivity index is 1.81. The second-order valence-electron chi connectivity index (χ2n) is 4.93. The summed E-state index contributed by atoms with van der Waals surface area (Å²) < 4.78 is 5.44. The van der Waals surface area contributed by atoms with E-state index in [0.29, 0.717) is 5.76 Å². The van der Waals surface area contributed by atoms with Gasteiger partial charge in [0.1, 0.15) is 0 Å². The first-order valence-electron chi connectivity index (χ1n) is 6.36. The SMILES string of the molecule is CN(C)CCN1CCN(c2ccc(C=O)o2)CC1. The molecule has 1 aliphatic heterocycles. The van der Waals surface area contributed by atoms with Gasteiger partial charge in [0.25, 0.3) is 0 Å². The van der Waals surface area contributed by atoms with Gasteiger partial charge < -0.3 is 14.2 Å². The average Bonchev–Trinajstić information content (AvgIpc) is 2.85. The van der Waals surface area contributed by atoms with E-state index in [4.69, 9.17) is 4.42 Å². The van der Waals surface area contributed by atoms with Gasteiger partial charge in [-0.2, -0.15) is 0 Å². The minimum absolute atomic E-state index is 0.403. The first kappa shape index (κ1) is 13.1. The highest BCUT2D eigenvalue weighted by Crippen LogP contribution is 2.19. The van der Waals surface area contributed by atoms with Crippen LogP contribution in [0.5, 0.6) is 0 Å². The quantitative estimate of drug-likeness (QED) is 0.723. The van der Waals surface area contributed by atoms with Crippen LogP contribution >= 0.6 is 0 Å². The van der Waals surface area contributed by atoms with Crippen molar-refractivity contribution >= 4 is 12.2 Å². The molecule has 0 bridgehead atoms. The number of nitrogens with zero attached hydrogens (tertiary/aromatic N) is 3. The zero-order valence-electron chi connectivity index (χ0n) is 11.1. The Bertz CT molecular complexity index is 381. The normalized spacial score (nSPS) is 17.4. The molecule has 1 fully saturated rings. The summed E-state index contributed by atoms with van der Waals surface area (Å²) in [5, 5.41) is 0. The highest BCUT2D eigenvalue weighted by molar-refractivity contribution is 5.71. The maximum atomic E-state index is 10.6. The lowest BCUT2D eigenvalue weighted by Crippen LogP contribution is -2.48. The number of carbonyl (C=O) groups excluding carboxylic acids is 1. The lowest BCUT2D eigenvalue weighted by atomic mass is 10.3. The Morgan fingerprint density at radius 1 is 1.28 bits per heavy atom. The van der Waals surface area contributed by atoms with Crippen molar-refractivity contribution in [2.75, 3.05) is 58.3 Å². The van der Waals surface area contributed by atoms with E-state index in [-0.39, 0.29) is 0 Å². The first-order chi connectivity index (χ1) is 8.69. The summed E-state index contributed by atoms with van der Waals surface area (Å²) >= 11 is 0. The molecule has 5 nitrogen and oxygen atoms in total. The van der Waals surface area contributed by atoms with Crippen LogP contribution in [0.15, 0.2) is 16.5 Å². The van der Waals surface area contributed by atoms with Crippen LogP contribution in [0.25, 0.3) is 0 Å². The van der Waals surface area contributed by atoms with E-state index >= 15 is 0 Å². The fraction of sp³-hybridized carbons (Fsp3) is 0.615. The predicted molar refractivity (Wildman–Crippen MR) is 71.3 cm³/mol. The van der Waals surface area contributed by atoms with E-state index < -0.39 is 0 Å². The predicted octanol–water partition coefficient (Wildman–Crippen LogP) is 0.776. The highest BCUT2D eigenvalue weighted by Gasteiger charge is 2.19. The highest BCUT2D eigenvalue weighted by atomic mass is 16.4. The molecule has 2 rings (SSSR count). The third kappa shape index (κ3) is 3.34. The molecule has 1 aromatic heterocycles. The number of piperazine rings is 1. The van der Waals surface area contributed by atoms with Gasteiger partial charge in [0.15, 0.2) is 17.9 Å². The molecule has 18 heavy (non-hydrogen) atoms. The van der Waals surface area contributed by atoms with Crippen molar-refractivity contribution in [1.82, 2.24) is 9.80 Å². The molecule has 1 aliphatic rings. The van der Waals surface area contributed by atoms with Gasteiger partial charge in [-0.3, -0.25) is 9.69 Å². The second kappa shape index (κ2) is 6.02. The van der Waals surface area contributed by atoms with Gasteiger partial charge in [-0.05, 0) is 20.2 Å². The lowest BCUT2D eigenvalue weighted by Gasteiger charge is -2.35. The van der Waals surface area contributed by atoms with Crippen molar-refractivity contribution in [1.29, 1.82) is 0 Å². The van der Waals surface area contributed by atoms with Crippen LogP contribution in [0.3, 0.4) is 0 Å². The first-order valence-corrected chi connectivity index (χ1v) is 6.36. The van der Waals surface area contributed by atoms with Gasteiger partial charge in [-0.25, -0.2) is 0 Å². The summed E-state index contributed by atoms with van der Waals surface area (Å²) in [6, 6.07) is 3.60. The van der Waals surface area contributed by atoms with Crippen LogP contribution < -0.4 is 4.90 Å². The lowest BCUT2D eigenvalue weighted by molar-refractivity contribution is 0.110. The van der Waals surface area contributed by atoms with Crippen molar-refractivity contribution in [2.45, 2.75) is 0 Å². The van der Waals surface area contributed by atoms with Crippen LogP contribution in [-0.2, 0) is 0 Å². The molecule has 0 amide bonds. The number of rotatable bonds is 5. The minimum atomic E-state index is 0.403. The van der Waals surface area contributed by atoms with Crippen molar-refractivity contribution in [3.05, 3.63) is 17.9 Å². The number of anilines is 1. The molecule has 0 N–H and O–H groups in total. The van der Waals surface area contributed by atoms with E-state index in [1.54, 1.807) is 6.07 Å². The number of furan rings is 1. The monoisotopic (exact) mass is 251 g/mol. The molecule has 2 heterocycles. The zero-order valence-corrected chi connectivity index (χ0v) is 11.1. The molecule has 100 valence electrons. The standard InChI is InChI=1S/C13H21N3O2/c1-14(2)5-6-15-7-9-16(10-8-15)13-4-3-12(11-17)18-13/h3-4,11H,5-10H2,1-2H3. The Kier molecular flexibility index (Phi) is 4.38. The fourth-order valence-electron chi connectivity index (χ4n) is 2.11. The molecule has 0 aliphatic carbocycles. The summed E-state index contributed by atoms with van der Waals surface area (Å²) in [5.41, 5.74) is 0. The topological polar surface area (TPSA) is 39.9 Å². The Morgan fingerprint density at radius 3 is 2.56 bits per heavy atom. The average molecular weight is 251 g/mol. The van der Waals surface area contributed by atoms with E-state index in [1.165, 1.54) is 0 Å². The number of hydrogen-bond acceptors (Lipinski definition) is 5. The zero-order chi connectivity index (χ0) is 13.0. The van der Waals surface area contributed by atoms with Crippen molar-refractivity contribution < 1.29 is 9.21 Å². The van der Waals surface area contributed by atoms with Gasteiger partial charge in [-0.15, -0.1) is 0 Å². The fourth-order valence-corrected chi connectivity index (χ4v) is 2.11. The molecular formula is C13H21N3O2. The summed E-state index contributed by atoms with van der Waals surface area (Å²) in [6.07, 6.45) is 0.747. The minimum Gasteiger partial charge on any atom is -0.438 e. The Labute approximate surface area is 108 Å². The second-order valence-corrected chi connectivity index (χ2v) is 4.93. The van der Waals surface area contributed by atoms with Gasteiger partial charge >= 0.3 is 0 Å². The van der Waals surface area contributed by atoms with Crippen LogP contribution in [0, 0.1) is 0 Å². The molecule has 0 saturated carbocycles. The van der Waals surface area contributed by atoms with Crippen LogP contribution in [0.4, 0.5) is 5.88 Å². The van der Waals surface area contributed by atoms with Crippen LogP contribution in [0.1, 0.15) is 10.6 Å². The molecular weight excluding hydrogens is 230 g/mol. The van der Waals surface area contributed by atoms with Gasteiger partial charge in [0.05, 0.1) is 0 Å². The van der Waals surface area contributed by atoms with Gasteiger partial charge in [-0.1, -0.05) is 0 Å². The van der Waals surface area contributed by atoms with Gasteiger partial charge in [0, 0.05) is 45.3 Å². The summed E-state index contributed by atoms with van der Waals surface area (Å²) in [5.74, 6) is 1.21. The molecule has 1 saturated heterocycles. The largest absolute Gasteiger partial charge is 0.438 e. The molecule has 1 aromatic rings. The Morgan fingerprint density at radius 2 is 2.00 bits per heavy atom. The van der Waals surface area contributed by atoms with E-state index in [0.717, 1.165) is 51.4 Å². The summed E-state index contributed by atoms with van der Waals surface area (Å²) in [6.45, 7) is 6.21. The molecule has 5 heteroatoms. The Hall–Kier alpha value is -1.33. The summed E-state index contributed by atoms with van der Waals surface area (Å²) in [4.78, 5) is 17.4. The van der Waals surface area contributed by atoms with Crippen molar-refractivity contribution in [3.8, 4) is 0 Å². The summed E-state index contributed by atoms with van der Waals surface area (Å²) in [7, 11) is 4.19.